The number of ether oxygens (including phenoxy) is 1. The van der Waals surface area contributed by atoms with Crippen molar-refractivity contribution in [3.8, 4) is 5.75 Å². The van der Waals surface area contributed by atoms with Gasteiger partial charge in [0, 0.05) is 17.8 Å². The van der Waals surface area contributed by atoms with Gasteiger partial charge in [0.1, 0.15) is 5.75 Å². The van der Waals surface area contributed by atoms with Crippen LogP contribution in [0, 0.1) is 0 Å². The maximum atomic E-state index is 12.7. The second-order valence-electron chi connectivity index (χ2n) is 8.52. The van der Waals surface area contributed by atoms with E-state index in [0.717, 1.165) is 23.2 Å². The van der Waals surface area contributed by atoms with Gasteiger partial charge in [0.25, 0.3) is 5.91 Å². The number of carbonyl (C=O) groups is 3. The first-order valence-electron chi connectivity index (χ1n) is 11.1. The third kappa shape index (κ3) is 6.67. The molecule has 0 aliphatic rings. The zero-order valence-electron chi connectivity index (χ0n) is 19.9. The number of carbonyl (C=O) groups excluding carboxylic acids is 3. The third-order valence-corrected chi connectivity index (χ3v) is 5.12. The Balaban J connectivity index is 2.16. The molecular formula is C26H34N2O4. The topological polar surface area (TPSA) is 84.5 Å². The van der Waals surface area contributed by atoms with Gasteiger partial charge >= 0.3 is 0 Å². The van der Waals surface area contributed by atoms with Crippen LogP contribution in [0.5, 0.6) is 5.75 Å². The highest BCUT2D eigenvalue weighted by molar-refractivity contribution is 6.00. The molecule has 2 aromatic rings. The maximum Gasteiger partial charge on any atom is 0.262 e. The van der Waals surface area contributed by atoms with E-state index in [2.05, 4.69) is 38.3 Å². The second kappa shape index (κ2) is 11.5. The molecule has 172 valence electrons. The molecule has 2 aromatic carbocycles. The van der Waals surface area contributed by atoms with Gasteiger partial charge in [-0.2, -0.15) is 0 Å². The highest BCUT2D eigenvalue weighted by Gasteiger charge is 2.17. The summed E-state index contributed by atoms with van der Waals surface area (Å²) in [6.07, 6.45) is 1.14. The van der Waals surface area contributed by atoms with Crippen molar-refractivity contribution in [2.24, 2.45) is 0 Å². The van der Waals surface area contributed by atoms with Gasteiger partial charge in [-0.1, -0.05) is 52.8 Å². The lowest BCUT2D eigenvalue weighted by Gasteiger charge is -2.20. The summed E-state index contributed by atoms with van der Waals surface area (Å²) in [4.78, 5) is 36.7. The van der Waals surface area contributed by atoms with Crippen molar-refractivity contribution >= 4 is 29.0 Å². The molecule has 0 aromatic heterocycles. The van der Waals surface area contributed by atoms with E-state index in [-0.39, 0.29) is 36.0 Å². The van der Waals surface area contributed by atoms with Crippen LogP contribution < -0.4 is 15.4 Å². The van der Waals surface area contributed by atoms with E-state index in [0.29, 0.717) is 23.4 Å². The summed E-state index contributed by atoms with van der Waals surface area (Å²) in [5, 5.41) is 5.78. The number of rotatable bonds is 10. The number of amides is 2. The highest BCUT2D eigenvalue weighted by Crippen LogP contribution is 2.32. The Kier molecular flexibility index (Phi) is 9.00. The van der Waals surface area contributed by atoms with Crippen LogP contribution in [0.3, 0.4) is 0 Å². The number of benzene rings is 2. The van der Waals surface area contributed by atoms with Gasteiger partial charge in [-0.15, -0.1) is 0 Å². The standard InChI is InChI=1S/C26H34N2O4/c1-7-9-24(30)27-19-12-13-23(22(14-19)18(6)29)32-15-25(31)28-26-20(16(2)3)10-8-11-21(26)17(4)5/h8,10-14,16-17H,7,9,15H2,1-6H3,(H,27,30)(H,28,31). The maximum absolute atomic E-state index is 12.7. The molecule has 0 saturated heterocycles. The largest absolute Gasteiger partial charge is 0.483 e. The molecule has 6 nitrogen and oxygen atoms in total. The summed E-state index contributed by atoms with van der Waals surface area (Å²) in [7, 11) is 0. The van der Waals surface area contributed by atoms with E-state index >= 15 is 0 Å². The van der Waals surface area contributed by atoms with E-state index in [1.807, 2.05) is 25.1 Å². The molecule has 0 aliphatic carbocycles. The van der Waals surface area contributed by atoms with Gasteiger partial charge in [0.15, 0.2) is 12.4 Å². The summed E-state index contributed by atoms with van der Waals surface area (Å²) in [5.74, 6) is 0.200. The van der Waals surface area contributed by atoms with E-state index < -0.39 is 0 Å². The number of hydrogen-bond donors (Lipinski definition) is 2. The fourth-order valence-electron chi connectivity index (χ4n) is 3.47. The monoisotopic (exact) mass is 438 g/mol. The Bertz CT molecular complexity index is 954. The predicted octanol–water partition coefficient (Wildman–Crippen LogP) is 5.89. The summed E-state index contributed by atoms with van der Waals surface area (Å²) in [6, 6.07) is 10.9. The van der Waals surface area contributed by atoms with Crippen molar-refractivity contribution < 1.29 is 19.1 Å². The molecular weight excluding hydrogens is 404 g/mol. The SMILES string of the molecule is CCCC(=O)Nc1ccc(OCC(=O)Nc2c(C(C)C)cccc2C(C)C)c(C(C)=O)c1. The number of Topliss-reactive ketones (excluding diaryl/α,β-unsaturated/α-hetero) is 1. The van der Waals surface area contributed by atoms with Gasteiger partial charge in [-0.25, -0.2) is 0 Å². The Morgan fingerprint density at radius 2 is 1.53 bits per heavy atom. The smallest absolute Gasteiger partial charge is 0.262 e. The number of ketones is 1. The summed E-state index contributed by atoms with van der Waals surface area (Å²) in [5.41, 5.74) is 3.81. The van der Waals surface area contributed by atoms with Gasteiger partial charge in [0.05, 0.1) is 5.56 Å². The molecule has 6 heteroatoms. The molecule has 0 atom stereocenters. The first-order chi connectivity index (χ1) is 15.1. The molecule has 2 rings (SSSR count). The first-order valence-corrected chi connectivity index (χ1v) is 11.1. The summed E-state index contributed by atoms with van der Waals surface area (Å²) >= 11 is 0. The van der Waals surface area contributed by atoms with Crippen molar-refractivity contribution in [2.75, 3.05) is 17.2 Å². The van der Waals surface area contributed by atoms with Crippen LogP contribution in [0.15, 0.2) is 36.4 Å². The summed E-state index contributed by atoms with van der Waals surface area (Å²) in [6.45, 7) is 11.5. The average molecular weight is 439 g/mol. The molecule has 0 aliphatic heterocycles. The molecule has 0 bridgehead atoms. The van der Waals surface area contributed by atoms with Crippen LogP contribution in [0.4, 0.5) is 11.4 Å². The van der Waals surface area contributed by atoms with Crippen LogP contribution in [0.25, 0.3) is 0 Å². The highest BCUT2D eigenvalue weighted by atomic mass is 16.5. The first kappa shape index (κ1) is 25.1. The zero-order chi connectivity index (χ0) is 23.8. The minimum absolute atomic E-state index is 0.111. The molecule has 0 heterocycles. The van der Waals surface area contributed by atoms with Crippen LogP contribution in [-0.2, 0) is 9.59 Å². The van der Waals surface area contributed by atoms with Crippen LogP contribution >= 0.6 is 0 Å². The molecule has 0 saturated carbocycles. The van der Waals surface area contributed by atoms with E-state index in [1.165, 1.54) is 6.92 Å². The van der Waals surface area contributed by atoms with Crippen LogP contribution in [0.1, 0.15) is 87.7 Å². The quantitative estimate of drug-likeness (QED) is 0.453. The average Bonchev–Trinajstić information content (AvgIpc) is 2.72. The molecule has 2 N–H and O–H groups in total. The van der Waals surface area contributed by atoms with Gasteiger partial charge in [-0.05, 0) is 54.5 Å². The zero-order valence-corrected chi connectivity index (χ0v) is 19.9. The number of anilines is 2. The Labute approximate surface area is 190 Å². The van der Waals surface area contributed by atoms with Crippen molar-refractivity contribution in [3.63, 3.8) is 0 Å². The molecule has 0 spiro atoms. The second-order valence-corrected chi connectivity index (χ2v) is 8.52. The van der Waals surface area contributed by atoms with E-state index in [4.69, 9.17) is 4.74 Å². The molecule has 2 amide bonds. The fraction of sp³-hybridized carbons (Fsp3) is 0.423. The van der Waals surface area contributed by atoms with Crippen molar-refractivity contribution in [2.45, 2.75) is 66.2 Å². The lowest BCUT2D eigenvalue weighted by Crippen LogP contribution is -2.23. The Morgan fingerprint density at radius 1 is 0.906 bits per heavy atom. The minimum atomic E-state index is -0.296. The predicted molar refractivity (Wildman–Crippen MR) is 129 cm³/mol. The van der Waals surface area contributed by atoms with Gasteiger partial charge in [0.2, 0.25) is 5.91 Å². The fourth-order valence-corrected chi connectivity index (χ4v) is 3.47. The van der Waals surface area contributed by atoms with E-state index in [9.17, 15) is 14.4 Å². The Hall–Kier alpha value is -3.15. The molecule has 0 fully saturated rings. The number of hydrogen-bond acceptors (Lipinski definition) is 4. The van der Waals surface area contributed by atoms with Crippen LogP contribution in [-0.4, -0.2) is 24.2 Å². The van der Waals surface area contributed by atoms with Crippen LogP contribution in [0.2, 0.25) is 0 Å². The Morgan fingerprint density at radius 3 is 2.06 bits per heavy atom. The van der Waals surface area contributed by atoms with Gasteiger partial charge in [-0.3, -0.25) is 14.4 Å². The lowest BCUT2D eigenvalue weighted by atomic mass is 9.92. The minimum Gasteiger partial charge on any atom is -0.483 e. The van der Waals surface area contributed by atoms with E-state index in [1.54, 1.807) is 18.2 Å². The summed E-state index contributed by atoms with van der Waals surface area (Å²) < 4.78 is 5.70. The van der Waals surface area contributed by atoms with Crippen molar-refractivity contribution in [1.82, 2.24) is 0 Å². The lowest BCUT2D eigenvalue weighted by molar-refractivity contribution is -0.118. The third-order valence-electron chi connectivity index (χ3n) is 5.12. The number of nitrogens with one attached hydrogen (secondary N) is 2. The van der Waals surface area contributed by atoms with Crippen molar-refractivity contribution in [3.05, 3.63) is 53.1 Å². The molecule has 0 unspecified atom stereocenters. The normalized spacial score (nSPS) is 10.9. The molecule has 32 heavy (non-hydrogen) atoms. The number of para-hydroxylation sites is 1. The van der Waals surface area contributed by atoms with Crippen molar-refractivity contribution in [1.29, 1.82) is 0 Å². The molecule has 0 radical (unpaired) electrons. The van der Waals surface area contributed by atoms with Gasteiger partial charge < -0.3 is 15.4 Å².